The van der Waals surface area contributed by atoms with E-state index in [1.807, 2.05) is 6.07 Å². The predicted molar refractivity (Wildman–Crippen MR) is 103 cm³/mol. The van der Waals surface area contributed by atoms with E-state index in [9.17, 15) is 9.59 Å². The van der Waals surface area contributed by atoms with E-state index in [2.05, 4.69) is 20.5 Å². The number of hydrogen-bond acceptors (Lipinski definition) is 5. The number of carbonyl (C=O) groups is 2. The lowest BCUT2D eigenvalue weighted by atomic mass is 10.2. The van der Waals surface area contributed by atoms with Crippen LogP contribution in [0.15, 0.2) is 42.6 Å². The standard InChI is InChI=1S/C20H22N4O3/c25-19(14-3-4-14)22-16-7-5-15(6-8-16)20(26)23-17-2-1-9-21-18(17)24-10-12-27-13-11-24/h1-2,5-9,14H,3-4,10-13H2,(H,22,25)(H,23,26). The Hall–Kier alpha value is -2.93. The number of anilines is 3. The number of amides is 2. The van der Waals surface area contributed by atoms with Crippen molar-refractivity contribution in [2.45, 2.75) is 12.8 Å². The summed E-state index contributed by atoms with van der Waals surface area (Å²) in [5.74, 6) is 0.745. The van der Waals surface area contributed by atoms with Gasteiger partial charge in [0.2, 0.25) is 5.91 Å². The van der Waals surface area contributed by atoms with E-state index in [1.165, 1.54) is 0 Å². The molecule has 1 aromatic carbocycles. The van der Waals surface area contributed by atoms with Gasteiger partial charge >= 0.3 is 0 Å². The largest absolute Gasteiger partial charge is 0.378 e. The van der Waals surface area contributed by atoms with E-state index >= 15 is 0 Å². The number of carbonyl (C=O) groups excluding carboxylic acids is 2. The second kappa shape index (κ2) is 7.75. The van der Waals surface area contributed by atoms with Crippen LogP contribution in [0.2, 0.25) is 0 Å². The van der Waals surface area contributed by atoms with Gasteiger partial charge in [-0.25, -0.2) is 4.98 Å². The maximum atomic E-state index is 12.6. The van der Waals surface area contributed by atoms with Gasteiger partial charge in [0.25, 0.3) is 5.91 Å². The van der Waals surface area contributed by atoms with Crippen molar-refractivity contribution in [1.82, 2.24) is 4.98 Å². The number of nitrogens with zero attached hydrogens (tertiary/aromatic N) is 2. The summed E-state index contributed by atoms with van der Waals surface area (Å²) >= 11 is 0. The van der Waals surface area contributed by atoms with E-state index in [4.69, 9.17) is 4.74 Å². The second-order valence-electron chi connectivity index (χ2n) is 6.77. The van der Waals surface area contributed by atoms with E-state index in [0.29, 0.717) is 30.2 Å². The van der Waals surface area contributed by atoms with Crippen LogP contribution in [0.3, 0.4) is 0 Å². The molecule has 1 saturated heterocycles. The molecule has 4 rings (SSSR count). The van der Waals surface area contributed by atoms with E-state index < -0.39 is 0 Å². The Morgan fingerprint density at radius 1 is 1.04 bits per heavy atom. The summed E-state index contributed by atoms with van der Waals surface area (Å²) in [5.41, 5.74) is 1.91. The highest BCUT2D eigenvalue weighted by Gasteiger charge is 2.29. The van der Waals surface area contributed by atoms with Gasteiger partial charge in [-0.3, -0.25) is 9.59 Å². The van der Waals surface area contributed by atoms with Crippen molar-refractivity contribution < 1.29 is 14.3 Å². The molecule has 7 nitrogen and oxygen atoms in total. The molecule has 1 aliphatic heterocycles. The van der Waals surface area contributed by atoms with Crippen LogP contribution in [0.25, 0.3) is 0 Å². The Kier molecular flexibility index (Phi) is 5.02. The SMILES string of the molecule is O=C(Nc1cccnc1N1CCOCC1)c1ccc(NC(=O)C2CC2)cc1. The van der Waals surface area contributed by atoms with Crippen molar-refractivity contribution >= 4 is 29.0 Å². The van der Waals surface area contributed by atoms with Crippen molar-refractivity contribution in [3.8, 4) is 0 Å². The monoisotopic (exact) mass is 366 g/mol. The number of hydrogen-bond donors (Lipinski definition) is 2. The fraction of sp³-hybridized carbons (Fsp3) is 0.350. The topological polar surface area (TPSA) is 83.6 Å². The van der Waals surface area contributed by atoms with Crippen LogP contribution >= 0.6 is 0 Å². The van der Waals surface area contributed by atoms with Gasteiger partial charge < -0.3 is 20.3 Å². The summed E-state index contributed by atoms with van der Waals surface area (Å²) < 4.78 is 5.38. The van der Waals surface area contributed by atoms with Crippen LogP contribution in [-0.4, -0.2) is 43.1 Å². The summed E-state index contributed by atoms with van der Waals surface area (Å²) in [6.07, 6.45) is 3.64. The molecule has 7 heteroatoms. The molecule has 2 N–H and O–H groups in total. The molecule has 1 aliphatic carbocycles. The van der Waals surface area contributed by atoms with Crippen molar-refractivity contribution in [2.24, 2.45) is 5.92 Å². The highest BCUT2D eigenvalue weighted by Crippen LogP contribution is 2.30. The summed E-state index contributed by atoms with van der Waals surface area (Å²) in [6, 6.07) is 10.6. The normalized spacial score (nSPS) is 16.7. The van der Waals surface area contributed by atoms with E-state index in [1.54, 1.807) is 36.5 Å². The van der Waals surface area contributed by atoms with Gasteiger partial charge in [0, 0.05) is 36.5 Å². The summed E-state index contributed by atoms with van der Waals surface area (Å²) in [7, 11) is 0. The molecule has 1 saturated carbocycles. The van der Waals surface area contributed by atoms with Gasteiger partial charge in [-0.05, 0) is 49.2 Å². The number of rotatable bonds is 5. The van der Waals surface area contributed by atoms with Gasteiger partial charge in [0.05, 0.1) is 18.9 Å². The smallest absolute Gasteiger partial charge is 0.255 e. The number of benzene rings is 1. The third-order valence-electron chi connectivity index (χ3n) is 4.71. The first-order valence-electron chi connectivity index (χ1n) is 9.21. The Bertz CT molecular complexity index is 827. The molecule has 2 fully saturated rings. The molecule has 27 heavy (non-hydrogen) atoms. The second-order valence-corrected chi connectivity index (χ2v) is 6.77. The van der Waals surface area contributed by atoms with Crippen LogP contribution in [0.5, 0.6) is 0 Å². The minimum Gasteiger partial charge on any atom is -0.378 e. The first-order chi connectivity index (χ1) is 13.2. The Morgan fingerprint density at radius 2 is 1.78 bits per heavy atom. The lowest BCUT2D eigenvalue weighted by Gasteiger charge is -2.29. The Labute approximate surface area is 157 Å². The number of ether oxygens (including phenoxy) is 1. The molecule has 0 atom stereocenters. The molecule has 0 spiro atoms. The zero-order chi connectivity index (χ0) is 18.6. The van der Waals surface area contributed by atoms with Gasteiger partial charge in [0.15, 0.2) is 5.82 Å². The van der Waals surface area contributed by atoms with E-state index in [-0.39, 0.29) is 17.7 Å². The zero-order valence-electron chi connectivity index (χ0n) is 15.0. The lowest BCUT2D eigenvalue weighted by Crippen LogP contribution is -2.37. The predicted octanol–water partition coefficient (Wildman–Crippen LogP) is 2.52. The number of nitrogens with one attached hydrogen (secondary N) is 2. The van der Waals surface area contributed by atoms with Crippen LogP contribution in [-0.2, 0) is 9.53 Å². The maximum absolute atomic E-state index is 12.6. The minimum absolute atomic E-state index is 0.0534. The van der Waals surface area contributed by atoms with Crippen molar-refractivity contribution in [2.75, 3.05) is 41.8 Å². The number of aromatic nitrogens is 1. The van der Waals surface area contributed by atoms with E-state index in [0.717, 1.165) is 31.7 Å². The summed E-state index contributed by atoms with van der Waals surface area (Å²) in [6.45, 7) is 2.79. The van der Waals surface area contributed by atoms with Crippen LogP contribution in [0.4, 0.5) is 17.2 Å². The van der Waals surface area contributed by atoms with Crippen LogP contribution < -0.4 is 15.5 Å². The summed E-state index contributed by atoms with van der Waals surface area (Å²) in [4.78, 5) is 31.0. The molecule has 0 radical (unpaired) electrons. The Morgan fingerprint density at radius 3 is 2.48 bits per heavy atom. The van der Waals surface area contributed by atoms with Crippen LogP contribution in [0, 0.1) is 5.92 Å². The average molecular weight is 366 g/mol. The number of pyridine rings is 1. The fourth-order valence-corrected chi connectivity index (χ4v) is 3.01. The molecule has 140 valence electrons. The molecular formula is C20H22N4O3. The van der Waals surface area contributed by atoms with Gasteiger partial charge in [-0.1, -0.05) is 0 Å². The molecular weight excluding hydrogens is 344 g/mol. The number of morpholine rings is 1. The molecule has 2 heterocycles. The molecule has 0 unspecified atom stereocenters. The molecule has 2 aromatic rings. The third kappa shape index (κ3) is 4.25. The highest BCUT2D eigenvalue weighted by molar-refractivity contribution is 6.06. The first-order valence-corrected chi connectivity index (χ1v) is 9.21. The first kappa shape index (κ1) is 17.5. The van der Waals surface area contributed by atoms with Crippen molar-refractivity contribution in [3.63, 3.8) is 0 Å². The van der Waals surface area contributed by atoms with Gasteiger partial charge in [0.1, 0.15) is 0 Å². The average Bonchev–Trinajstić information content (AvgIpc) is 3.55. The lowest BCUT2D eigenvalue weighted by molar-refractivity contribution is -0.117. The quantitative estimate of drug-likeness (QED) is 0.850. The van der Waals surface area contributed by atoms with Gasteiger partial charge in [-0.15, -0.1) is 0 Å². The van der Waals surface area contributed by atoms with Crippen molar-refractivity contribution in [3.05, 3.63) is 48.2 Å². The minimum atomic E-state index is -0.211. The molecule has 2 amide bonds. The molecule has 0 bridgehead atoms. The van der Waals surface area contributed by atoms with Gasteiger partial charge in [-0.2, -0.15) is 0 Å². The zero-order valence-corrected chi connectivity index (χ0v) is 15.0. The summed E-state index contributed by atoms with van der Waals surface area (Å²) in [5, 5.41) is 5.81. The fourth-order valence-electron chi connectivity index (χ4n) is 3.01. The maximum Gasteiger partial charge on any atom is 0.255 e. The Balaban J connectivity index is 1.43. The molecule has 2 aliphatic rings. The third-order valence-corrected chi connectivity index (χ3v) is 4.71. The molecule has 1 aromatic heterocycles. The highest BCUT2D eigenvalue weighted by atomic mass is 16.5. The van der Waals surface area contributed by atoms with Crippen molar-refractivity contribution in [1.29, 1.82) is 0 Å². The van der Waals surface area contributed by atoms with Crippen LogP contribution in [0.1, 0.15) is 23.2 Å².